The molecule has 1 atom stereocenters. The van der Waals surface area contributed by atoms with Crippen LogP contribution in [0.3, 0.4) is 0 Å². The molecule has 6 nitrogen and oxygen atoms in total. The molecule has 0 fully saturated rings. The van der Waals surface area contributed by atoms with Gasteiger partial charge in [0.1, 0.15) is 0 Å². The van der Waals surface area contributed by atoms with Crippen LogP contribution >= 0.6 is 0 Å². The van der Waals surface area contributed by atoms with Crippen molar-refractivity contribution in [1.82, 2.24) is 10.2 Å². The third-order valence-corrected chi connectivity index (χ3v) is 2.85. The number of benzene rings is 1. The molecule has 0 heterocycles. The molecule has 6 heteroatoms. The molecule has 0 aromatic heterocycles. The molecule has 1 unspecified atom stereocenters. The van der Waals surface area contributed by atoms with Gasteiger partial charge in [-0.05, 0) is 12.6 Å². The predicted molar refractivity (Wildman–Crippen MR) is 72.7 cm³/mol. The smallest absolute Gasteiger partial charge is 0.269 e. The molecule has 0 aliphatic rings. The highest BCUT2D eigenvalue weighted by atomic mass is 16.6. The summed E-state index contributed by atoms with van der Waals surface area (Å²) in [7, 11) is 3.50. The molecule has 104 valence electrons. The molecule has 1 amide bonds. The SMILES string of the molecule is CNCC(C)C(=O)N(C)Cc1cccc([N+](=O)[O-])c1. The molecule has 0 aliphatic carbocycles. The lowest BCUT2D eigenvalue weighted by Crippen LogP contribution is -2.35. The van der Waals surface area contributed by atoms with Crippen molar-refractivity contribution < 1.29 is 9.72 Å². The highest BCUT2D eigenvalue weighted by Crippen LogP contribution is 2.15. The maximum absolute atomic E-state index is 12.0. The zero-order valence-corrected chi connectivity index (χ0v) is 11.4. The Kier molecular flexibility index (Phi) is 5.44. The van der Waals surface area contributed by atoms with Crippen molar-refractivity contribution in [3.63, 3.8) is 0 Å². The summed E-state index contributed by atoms with van der Waals surface area (Å²) < 4.78 is 0. The molecule has 0 bridgehead atoms. The van der Waals surface area contributed by atoms with Gasteiger partial charge in [-0.15, -0.1) is 0 Å². The van der Waals surface area contributed by atoms with Gasteiger partial charge in [0.15, 0.2) is 0 Å². The Morgan fingerprint density at radius 2 is 2.21 bits per heavy atom. The summed E-state index contributed by atoms with van der Waals surface area (Å²) >= 11 is 0. The molecular weight excluding hydrogens is 246 g/mol. The summed E-state index contributed by atoms with van der Waals surface area (Å²) in [5.74, 6) is -0.102. The number of nitro benzene ring substituents is 1. The molecule has 0 radical (unpaired) electrons. The number of hydrogen-bond donors (Lipinski definition) is 1. The average Bonchev–Trinajstić information content (AvgIpc) is 2.38. The number of rotatable bonds is 6. The van der Waals surface area contributed by atoms with E-state index in [9.17, 15) is 14.9 Å². The van der Waals surface area contributed by atoms with E-state index < -0.39 is 4.92 Å². The predicted octanol–water partition coefficient (Wildman–Crippen LogP) is 1.41. The maximum atomic E-state index is 12.0. The van der Waals surface area contributed by atoms with Gasteiger partial charge in [-0.1, -0.05) is 19.1 Å². The van der Waals surface area contributed by atoms with Gasteiger partial charge in [0.25, 0.3) is 5.69 Å². The zero-order chi connectivity index (χ0) is 14.4. The highest BCUT2D eigenvalue weighted by molar-refractivity contribution is 5.78. The fourth-order valence-corrected chi connectivity index (χ4v) is 1.89. The number of non-ortho nitro benzene ring substituents is 1. The summed E-state index contributed by atoms with van der Waals surface area (Å²) in [5, 5.41) is 13.6. The van der Waals surface area contributed by atoms with Crippen LogP contribution in [0.4, 0.5) is 5.69 Å². The van der Waals surface area contributed by atoms with Crippen molar-refractivity contribution >= 4 is 11.6 Å². The van der Waals surface area contributed by atoms with E-state index in [0.717, 1.165) is 5.56 Å². The molecule has 0 saturated heterocycles. The molecular formula is C13H19N3O3. The van der Waals surface area contributed by atoms with Gasteiger partial charge >= 0.3 is 0 Å². The van der Waals surface area contributed by atoms with Crippen molar-refractivity contribution in [3.05, 3.63) is 39.9 Å². The average molecular weight is 265 g/mol. The summed E-state index contributed by atoms with van der Waals surface area (Å²) in [6.07, 6.45) is 0. The topological polar surface area (TPSA) is 75.5 Å². The molecule has 0 aliphatic heterocycles. The Labute approximate surface area is 112 Å². The number of nitrogens with zero attached hydrogens (tertiary/aromatic N) is 2. The second-order valence-corrected chi connectivity index (χ2v) is 4.58. The maximum Gasteiger partial charge on any atom is 0.269 e. The minimum Gasteiger partial charge on any atom is -0.341 e. The first kappa shape index (κ1) is 15.1. The van der Waals surface area contributed by atoms with Crippen molar-refractivity contribution in [1.29, 1.82) is 0 Å². The van der Waals surface area contributed by atoms with Crippen LogP contribution in [0.2, 0.25) is 0 Å². The molecule has 0 saturated carbocycles. The normalized spacial score (nSPS) is 11.9. The van der Waals surface area contributed by atoms with E-state index in [2.05, 4.69) is 5.32 Å². The number of hydrogen-bond acceptors (Lipinski definition) is 4. The Balaban J connectivity index is 2.71. The molecule has 1 rings (SSSR count). The summed E-state index contributed by atoms with van der Waals surface area (Å²) in [4.78, 5) is 23.8. The minimum atomic E-state index is -0.436. The van der Waals surface area contributed by atoms with Crippen LogP contribution in [-0.2, 0) is 11.3 Å². The first-order valence-electron chi connectivity index (χ1n) is 6.08. The van der Waals surface area contributed by atoms with Crippen LogP contribution in [0.5, 0.6) is 0 Å². The number of carbonyl (C=O) groups excluding carboxylic acids is 1. The van der Waals surface area contributed by atoms with Gasteiger partial charge < -0.3 is 10.2 Å². The Morgan fingerprint density at radius 1 is 1.53 bits per heavy atom. The lowest BCUT2D eigenvalue weighted by molar-refractivity contribution is -0.384. The summed E-state index contributed by atoms with van der Waals surface area (Å²) in [6, 6.07) is 6.34. The standard InChI is InChI=1S/C13H19N3O3/c1-10(8-14-2)13(17)15(3)9-11-5-4-6-12(7-11)16(18)19/h4-7,10,14H,8-9H2,1-3H3. The van der Waals surface area contributed by atoms with Crippen LogP contribution in [0, 0.1) is 16.0 Å². The summed E-state index contributed by atoms with van der Waals surface area (Å²) in [6.45, 7) is 2.83. The number of amides is 1. The lowest BCUT2D eigenvalue weighted by atomic mass is 10.1. The Bertz CT molecular complexity index is 462. The first-order chi connectivity index (χ1) is 8.95. The van der Waals surface area contributed by atoms with Crippen molar-refractivity contribution in [3.8, 4) is 0 Å². The van der Waals surface area contributed by atoms with Crippen LogP contribution in [0.1, 0.15) is 12.5 Å². The number of nitro groups is 1. The van der Waals surface area contributed by atoms with Gasteiger partial charge in [0, 0.05) is 38.2 Å². The molecule has 1 aromatic rings. The van der Waals surface area contributed by atoms with Crippen molar-refractivity contribution in [2.75, 3.05) is 20.6 Å². The highest BCUT2D eigenvalue weighted by Gasteiger charge is 2.17. The minimum absolute atomic E-state index is 0.0147. The van der Waals surface area contributed by atoms with Crippen LogP contribution in [0.15, 0.2) is 24.3 Å². The van der Waals surface area contributed by atoms with E-state index >= 15 is 0 Å². The third-order valence-electron chi connectivity index (χ3n) is 2.85. The first-order valence-corrected chi connectivity index (χ1v) is 6.08. The number of nitrogens with one attached hydrogen (secondary N) is 1. The Hall–Kier alpha value is -1.95. The van der Waals surface area contributed by atoms with E-state index in [1.54, 1.807) is 31.1 Å². The molecule has 0 spiro atoms. The second-order valence-electron chi connectivity index (χ2n) is 4.58. The van der Waals surface area contributed by atoms with Crippen LogP contribution < -0.4 is 5.32 Å². The Morgan fingerprint density at radius 3 is 2.79 bits per heavy atom. The van der Waals surface area contributed by atoms with Gasteiger partial charge in [-0.2, -0.15) is 0 Å². The summed E-state index contributed by atoms with van der Waals surface area (Å²) in [5.41, 5.74) is 0.795. The van der Waals surface area contributed by atoms with E-state index in [1.165, 1.54) is 12.1 Å². The largest absolute Gasteiger partial charge is 0.341 e. The molecule has 1 N–H and O–H groups in total. The van der Waals surface area contributed by atoms with Crippen LogP contribution in [-0.4, -0.2) is 36.4 Å². The van der Waals surface area contributed by atoms with E-state index in [1.807, 2.05) is 6.92 Å². The van der Waals surface area contributed by atoms with Crippen molar-refractivity contribution in [2.24, 2.45) is 5.92 Å². The monoisotopic (exact) mass is 265 g/mol. The van der Waals surface area contributed by atoms with Gasteiger partial charge in [-0.25, -0.2) is 0 Å². The van der Waals surface area contributed by atoms with Crippen molar-refractivity contribution in [2.45, 2.75) is 13.5 Å². The van der Waals surface area contributed by atoms with Gasteiger partial charge in [-0.3, -0.25) is 14.9 Å². The van der Waals surface area contributed by atoms with Gasteiger partial charge in [0.05, 0.1) is 4.92 Å². The van der Waals surface area contributed by atoms with E-state index in [4.69, 9.17) is 0 Å². The lowest BCUT2D eigenvalue weighted by Gasteiger charge is -2.21. The zero-order valence-electron chi connectivity index (χ0n) is 11.4. The fraction of sp³-hybridized carbons (Fsp3) is 0.462. The molecule has 1 aromatic carbocycles. The second kappa shape index (κ2) is 6.84. The number of carbonyl (C=O) groups is 1. The van der Waals surface area contributed by atoms with E-state index in [-0.39, 0.29) is 17.5 Å². The fourth-order valence-electron chi connectivity index (χ4n) is 1.89. The van der Waals surface area contributed by atoms with Gasteiger partial charge in [0.2, 0.25) is 5.91 Å². The van der Waals surface area contributed by atoms with Crippen LogP contribution in [0.25, 0.3) is 0 Å². The van der Waals surface area contributed by atoms with E-state index in [0.29, 0.717) is 13.1 Å². The third kappa shape index (κ3) is 4.33. The molecule has 19 heavy (non-hydrogen) atoms. The quantitative estimate of drug-likeness (QED) is 0.623.